The quantitative estimate of drug-likeness (QED) is 0.870. The summed E-state index contributed by atoms with van der Waals surface area (Å²) in [5.74, 6) is 0.439. The lowest BCUT2D eigenvalue weighted by molar-refractivity contribution is 0.394. The van der Waals surface area contributed by atoms with Gasteiger partial charge in [0, 0.05) is 6.04 Å². The van der Waals surface area contributed by atoms with E-state index in [1.807, 2.05) is 19.2 Å². The molecule has 0 saturated heterocycles. The van der Waals surface area contributed by atoms with Crippen molar-refractivity contribution in [2.75, 3.05) is 14.2 Å². The number of fused-ring (bicyclic) bond motifs is 1. The van der Waals surface area contributed by atoms with Gasteiger partial charge in [-0.25, -0.2) is 8.42 Å². The standard InChI is InChI=1S/C12H17NO3S/c1-8-7-10(13-2)9-5-4-6-11(16-3)12(9)17(8,14)15/h4-6,8,10,13H,7H2,1-3H3. The van der Waals surface area contributed by atoms with Crippen molar-refractivity contribution in [2.24, 2.45) is 0 Å². The van der Waals surface area contributed by atoms with Gasteiger partial charge in [-0.2, -0.15) is 0 Å². The maximum atomic E-state index is 12.3. The van der Waals surface area contributed by atoms with Gasteiger partial charge >= 0.3 is 0 Å². The minimum absolute atomic E-state index is 0.0682. The first-order chi connectivity index (χ1) is 8.02. The van der Waals surface area contributed by atoms with Gasteiger partial charge in [0.25, 0.3) is 0 Å². The predicted molar refractivity (Wildman–Crippen MR) is 66.1 cm³/mol. The summed E-state index contributed by atoms with van der Waals surface area (Å²) in [7, 11) is 0.0731. The SMILES string of the molecule is CNC1CC(C)S(=O)(=O)c2c(OC)cccc21. The third-order valence-corrected chi connectivity index (χ3v) is 5.59. The molecule has 1 aromatic carbocycles. The maximum absolute atomic E-state index is 12.3. The fourth-order valence-electron chi connectivity index (χ4n) is 2.33. The maximum Gasteiger partial charge on any atom is 0.185 e. The van der Waals surface area contributed by atoms with E-state index in [-0.39, 0.29) is 11.3 Å². The minimum atomic E-state index is -3.27. The van der Waals surface area contributed by atoms with Crippen molar-refractivity contribution in [1.82, 2.24) is 5.32 Å². The molecule has 0 saturated carbocycles. The molecular formula is C12H17NO3S. The van der Waals surface area contributed by atoms with Gasteiger partial charge in [0.2, 0.25) is 0 Å². The summed E-state index contributed by atoms with van der Waals surface area (Å²) in [5, 5.41) is 2.77. The summed E-state index contributed by atoms with van der Waals surface area (Å²) < 4.78 is 29.9. The molecule has 1 aliphatic rings. The third kappa shape index (κ3) is 1.83. The summed E-state index contributed by atoms with van der Waals surface area (Å²) in [6, 6.07) is 5.44. The molecule has 4 nitrogen and oxygen atoms in total. The highest BCUT2D eigenvalue weighted by molar-refractivity contribution is 7.92. The van der Waals surface area contributed by atoms with Gasteiger partial charge in [-0.3, -0.25) is 0 Å². The molecule has 1 N–H and O–H groups in total. The van der Waals surface area contributed by atoms with Crippen LogP contribution < -0.4 is 10.1 Å². The number of sulfone groups is 1. The Morgan fingerprint density at radius 1 is 1.41 bits per heavy atom. The molecule has 0 spiro atoms. The average Bonchev–Trinajstić information content (AvgIpc) is 2.33. The zero-order valence-electron chi connectivity index (χ0n) is 10.2. The number of hydrogen-bond donors (Lipinski definition) is 1. The van der Waals surface area contributed by atoms with Gasteiger partial charge in [-0.05, 0) is 32.0 Å². The molecule has 1 aromatic rings. The monoisotopic (exact) mass is 255 g/mol. The first-order valence-corrected chi connectivity index (χ1v) is 7.15. The van der Waals surface area contributed by atoms with Crippen LogP contribution in [0.3, 0.4) is 0 Å². The van der Waals surface area contributed by atoms with Crippen LogP contribution in [0.4, 0.5) is 0 Å². The Labute approximate surface area is 102 Å². The van der Waals surface area contributed by atoms with E-state index in [0.29, 0.717) is 17.1 Å². The van der Waals surface area contributed by atoms with Crippen LogP contribution in [0.2, 0.25) is 0 Å². The lowest BCUT2D eigenvalue weighted by Gasteiger charge is -2.30. The number of ether oxygens (including phenoxy) is 1. The molecule has 0 aromatic heterocycles. The largest absolute Gasteiger partial charge is 0.495 e. The van der Waals surface area contributed by atoms with Crippen molar-refractivity contribution >= 4 is 9.84 Å². The summed E-state index contributed by atoms with van der Waals surface area (Å²) in [6.45, 7) is 1.75. The Balaban J connectivity index is 2.72. The van der Waals surface area contributed by atoms with Crippen LogP contribution in [0.1, 0.15) is 24.9 Å². The van der Waals surface area contributed by atoms with Crippen LogP contribution in [0.25, 0.3) is 0 Å². The van der Waals surface area contributed by atoms with Gasteiger partial charge < -0.3 is 10.1 Å². The normalized spacial score (nSPS) is 26.3. The first kappa shape index (κ1) is 12.4. The summed E-state index contributed by atoms with van der Waals surface area (Å²) in [6.07, 6.45) is 0.596. The molecule has 0 radical (unpaired) electrons. The highest BCUT2D eigenvalue weighted by Crippen LogP contribution is 2.40. The van der Waals surface area contributed by atoms with E-state index < -0.39 is 9.84 Å². The molecule has 1 heterocycles. The van der Waals surface area contributed by atoms with Crippen LogP contribution in [-0.2, 0) is 9.84 Å². The van der Waals surface area contributed by atoms with Crippen molar-refractivity contribution < 1.29 is 13.2 Å². The van der Waals surface area contributed by atoms with E-state index in [1.165, 1.54) is 7.11 Å². The predicted octanol–water partition coefficient (Wildman–Crippen LogP) is 1.52. The van der Waals surface area contributed by atoms with Crippen molar-refractivity contribution in [2.45, 2.75) is 29.5 Å². The number of rotatable bonds is 2. The zero-order valence-corrected chi connectivity index (χ0v) is 11.0. The number of hydrogen-bond acceptors (Lipinski definition) is 4. The topological polar surface area (TPSA) is 55.4 Å². The van der Waals surface area contributed by atoms with Gasteiger partial charge in [-0.15, -0.1) is 0 Å². The smallest absolute Gasteiger partial charge is 0.185 e. The lowest BCUT2D eigenvalue weighted by atomic mass is 10.0. The van der Waals surface area contributed by atoms with Gasteiger partial charge in [0.15, 0.2) is 9.84 Å². The molecule has 5 heteroatoms. The Bertz CT molecular complexity index is 525. The summed E-state index contributed by atoms with van der Waals surface area (Å²) >= 11 is 0. The van der Waals surface area contributed by atoms with E-state index in [1.54, 1.807) is 13.0 Å². The van der Waals surface area contributed by atoms with Gasteiger partial charge in [-0.1, -0.05) is 12.1 Å². The Hall–Kier alpha value is -1.07. The number of methoxy groups -OCH3 is 1. The van der Waals surface area contributed by atoms with E-state index in [4.69, 9.17) is 4.74 Å². The second-order valence-electron chi connectivity index (χ2n) is 4.31. The molecule has 0 aliphatic carbocycles. The van der Waals surface area contributed by atoms with E-state index in [0.717, 1.165) is 5.56 Å². The highest BCUT2D eigenvalue weighted by atomic mass is 32.2. The molecule has 0 fully saturated rings. The average molecular weight is 255 g/mol. The first-order valence-electron chi connectivity index (χ1n) is 5.60. The van der Waals surface area contributed by atoms with Crippen molar-refractivity contribution in [3.8, 4) is 5.75 Å². The summed E-state index contributed by atoms with van der Waals surface area (Å²) in [5.41, 5.74) is 0.810. The third-order valence-electron chi connectivity index (χ3n) is 3.34. The summed E-state index contributed by atoms with van der Waals surface area (Å²) in [4.78, 5) is 0.348. The van der Waals surface area contributed by atoms with Gasteiger partial charge in [0.1, 0.15) is 10.6 Å². The molecule has 0 bridgehead atoms. The van der Waals surface area contributed by atoms with E-state index >= 15 is 0 Å². The second kappa shape index (κ2) is 4.31. The Morgan fingerprint density at radius 3 is 2.71 bits per heavy atom. The molecule has 2 unspecified atom stereocenters. The second-order valence-corrected chi connectivity index (χ2v) is 6.61. The fraction of sp³-hybridized carbons (Fsp3) is 0.500. The van der Waals surface area contributed by atoms with Crippen molar-refractivity contribution in [3.63, 3.8) is 0 Å². The minimum Gasteiger partial charge on any atom is -0.495 e. The van der Waals surface area contributed by atoms with Crippen molar-refractivity contribution in [1.29, 1.82) is 0 Å². The number of nitrogens with one attached hydrogen (secondary N) is 1. The van der Waals surface area contributed by atoms with E-state index in [9.17, 15) is 8.42 Å². The van der Waals surface area contributed by atoms with Crippen LogP contribution in [0, 0.1) is 0 Å². The Morgan fingerprint density at radius 2 is 2.12 bits per heavy atom. The van der Waals surface area contributed by atoms with Crippen LogP contribution in [0.5, 0.6) is 5.75 Å². The number of benzene rings is 1. The molecule has 2 rings (SSSR count). The van der Waals surface area contributed by atoms with Crippen LogP contribution in [-0.4, -0.2) is 27.8 Å². The van der Waals surface area contributed by atoms with Crippen LogP contribution >= 0.6 is 0 Å². The fourth-order valence-corrected chi connectivity index (χ4v) is 4.15. The lowest BCUT2D eigenvalue weighted by Crippen LogP contribution is -2.33. The molecule has 17 heavy (non-hydrogen) atoms. The molecule has 94 valence electrons. The van der Waals surface area contributed by atoms with E-state index in [2.05, 4.69) is 5.32 Å². The highest BCUT2D eigenvalue weighted by Gasteiger charge is 2.37. The van der Waals surface area contributed by atoms with Crippen LogP contribution in [0.15, 0.2) is 23.1 Å². The van der Waals surface area contributed by atoms with Crippen molar-refractivity contribution in [3.05, 3.63) is 23.8 Å². The zero-order chi connectivity index (χ0) is 12.6. The Kier molecular flexibility index (Phi) is 3.14. The molecule has 1 aliphatic heterocycles. The molecular weight excluding hydrogens is 238 g/mol. The molecule has 0 amide bonds. The van der Waals surface area contributed by atoms with Gasteiger partial charge in [0.05, 0.1) is 12.4 Å². The molecule has 2 atom stereocenters.